The van der Waals surface area contributed by atoms with Crippen LogP contribution in [0.1, 0.15) is 65.7 Å². The fourth-order valence-electron chi connectivity index (χ4n) is 4.56. The van der Waals surface area contributed by atoms with Crippen molar-refractivity contribution in [3.05, 3.63) is 0 Å². The second-order valence-electron chi connectivity index (χ2n) is 8.66. The lowest BCUT2D eigenvalue weighted by Crippen LogP contribution is -2.40. The van der Waals surface area contributed by atoms with Crippen molar-refractivity contribution in [1.29, 1.82) is 0 Å². The molecule has 0 bridgehead atoms. The number of hydrogen-bond donors (Lipinski definition) is 0. The summed E-state index contributed by atoms with van der Waals surface area (Å²) < 4.78 is 24.1. The third kappa shape index (κ3) is 5.65. The van der Waals surface area contributed by atoms with E-state index in [0.29, 0.717) is 0 Å². The SMILES string of the molecule is CCCN(CCC1COC2(CCC(C(C)C)CC2)O1)CC1OCCCO1. The molecule has 1 saturated carbocycles. The molecule has 0 amide bonds. The van der Waals surface area contributed by atoms with Gasteiger partial charge in [-0.15, -0.1) is 0 Å². The molecule has 0 radical (unpaired) electrons. The van der Waals surface area contributed by atoms with Gasteiger partial charge in [0, 0.05) is 25.9 Å². The van der Waals surface area contributed by atoms with Gasteiger partial charge < -0.3 is 18.9 Å². The van der Waals surface area contributed by atoms with E-state index >= 15 is 0 Å². The first kappa shape index (κ1) is 20.5. The lowest BCUT2D eigenvalue weighted by Gasteiger charge is -2.37. The van der Waals surface area contributed by atoms with Crippen molar-refractivity contribution in [2.45, 2.75) is 83.9 Å². The molecule has 2 heterocycles. The van der Waals surface area contributed by atoms with E-state index in [9.17, 15) is 0 Å². The average Bonchev–Trinajstić information content (AvgIpc) is 3.04. The largest absolute Gasteiger partial charge is 0.351 e. The molecule has 1 aliphatic carbocycles. The van der Waals surface area contributed by atoms with E-state index in [0.717, 1.165) is 83.4 Å². The quantitative estimate of drug-likeness (QED) is 0.651. The van der Waals surface area contributed by atoms with E-state index in [4.69, 9.17) is 18.9 Å². The van der Waals surface area contributed by atoms with E-state index in [1.165, 1.54) is 12.8 Å². The van der Waals surface area contributed by atoms with Crippen molar-refractivity contribution in [2.24, 2.45) is 11.8 Å². The van der Waals surface area contributed by atoms with Crippen LogP contribution in [0.15, 0.2) is 0 Å². The highest BCUT2D eigenvalue weighted by Crippen LogP contribution is 2.42. The number of hydrogen-bond acceptors (Lipinski definition) is 5. The van der Waals surface area contributed by atoms with E-state index in [1.807, 2.05) is 0 Å². The summed E-state index contributed by atoms with van der Waals surface area (Å²) in [5.74, 6) is 1.33. The lowest BCUT2D eigenvalue weighted by molar-refractivity contribution is -0.196. The highest BCUT2D eigenvalue weighted by atomic mass is 16.7. The number of rotatable bonds is 8. The maximum atomic E-state index is 6.43. The molecule has 1 unspecified atom stereocenters. The first-order valence-corrected chi connectivity index (χ1v) is 10.9. The molecular formula is C21H39NO4. The minimum atomic E-state index is -0.277. The van der Waals surface area contributed by atoms with Crippen LogP contribution in [0.5, 0.6) is 0 Å². The van der Waals surface area contributed by atoms with Crippen molar-refractivity contribution in [3.8, 4) is 0 Å². The van der Waals surface area contributed by atoms with Crippen LogP contribution in [0.3, 0.4) is 0 Å². The minimum Gasteiger partial charge on any atom is -0.351 e. The molecule has 3 aliphatic rings. The Morgan fingerprint density at radius 3 is 2.46 bits per heavy atom. The van der Waals surface area contributed by atoms with Crippen molar-refractivity contribution < 1.29 is 18.9 Å². The minimum absolute atomic E-state index is 0.0614. The molecule has 2 saturated heterocycles. The molecule has 5 nitrogen and oxygen atoms in total. The van der Waals surface area contributed by atoms with Gasteiger partial charge in [0.25, 0.3) is 0 Å². The molecule has 5 heteroatoms. The second-order valence-corrected chi connectivity index (χ2v) is 8.66. The average molecular weight is 370 g/mol. The molecule has 0 aromatic heterocycles. The van der Waals surface area contributed by atoms with Crippen LogP contribution < -0.4 is 0 Å². The van der Waals surface area contributed by atoms with Crippen LogP contribution in [0.4, 0.5) is 0 Å². The van der Waals surface area contributed by atoms with E-state index in [2.05, 4.69) is 25.7 Å². The third-order valence-electron chi connectivity index (χ3n) is 6.26. The fourth-order valence-corrected chi connectivity index (χ4v) is 4.56. The summed E-state index contributed by atoms with van der Waals surface area (Å²) in [6.07, 6.45) is 7.97. The Labute approximate surface area is 159 Å². The number of nitrogens with zero attached hydrogens (tertiary/aromatic N) is 1. The zero-order valence-corrected chi connectivity index (χ0v) is 17.1. The van der Waals surface area contributed by atoms with Crippen LogP contribution in [0, 0.1) is 11.8 Å². The highest BCUT2D eigenvalue weighted by Gasteiger charge is 2.44. The Kier molecular flexibility index (Phi) is 7.76. The molecule has 1 spiro atoms. The van der Waals surface area contributed by atoms with Crippen molar-refractivity contribution in [2.75, 3.05) is 39.5 Å². The van der Waals surface area contributed by atoms with E-state index in [-0.39, 0.29) is 18.2 Å². The Hall–Kier alpha value is -0.200. The molecule has 2 aliphatic heterocycles. The van der Waals surface area contributed by atoms with Gasteiger partial charge in [0.05, 0.1) is 25.9 Å². The Bertz CT molecular complexity index is 403. The van der Waals surface area contributed by atoms with Gasteiger partial charge in [0.15, 0.2) is 12.1 Å². The van der Waals surface area contributed by atoms with E-state index < -0.39 is 0 Å². The summed E-state index contributed by atoms with van der Waals surface area (Å²) >= 11 is 0. The van der Waals surface area contributed by atoms with Gasteiger partial charge in [-0.1, -0.05) is 20.8 Å². The van der Waals surface area contributed by atoms with Crippen LogP contribution in [0.25, 0.3) is 0 Å². The van der Waals surface area contributed by atoms with Crippen LogP contribution in [0.2, 0.25) is 0 Å². The molecule has 3 rings (SSSR count). The first-order chi connectivity index (χ1) is 12.6. The van der Waals surface area contributed by atoms with Crippen molar-refractivity contribution in [1.82, 2.24) is 4.90 Å². The second kappa shape index (κ2) is 9.83. The summed E-state index contributed by atoms with van der Waals surface area (Å²) in [4.78, 5) is 2.46. The molecule has 0 aromatic rings. The van der Waals surface area contributed by atoms with Gasteiger partial charge in [-0.25, -0.2) is 0 Å². The summed E-state index contributed by atoms with van der Waals surface area (Å²) in [5.41, 5.74) is 0. The predicted octanol–water partition coefficient (Wildman–Crippen LogP) is 3.81. The monoisotopic (exact) mass is 369 g/mol. The van der Waals surface area contributed by atoms with Crippen LogP contribution >= 0.6 is 0 Å². The lowest BCUT2D eigenvalue weighted by atomic mass is 9.79. The van der Waals surface area contributed by atoms with Gasteiger partial charge in [-0.3, -0.25) is 4.90 Å². The molecule has 0 aromatic carbocycles. The van der Waals surface area contributed by atoms with Gasteiger partial charge in [0.1, 0.15) is 0 Å². The zero-order chi connectivity index (χ0) is 18.4. The zero-order valence-electron chi connectivity index (χ0n) is 17.1. The third-order valence-corrected chi connectivity index (χ3v) is 6.26. The summed E-state index contributed by atoms with van der Waals surface area (Å²) in [7, 11) is 0. The summed E-state index contributed by atoms with van der Waals surface area (Å²) in [6.45, 7) is 12.3. The topological polar surface area (TPSA) is 40.2 Å². The Balaban J connectivity index is 1.41. The highest BCUT2D eigenvalue weighted by molar-refractivity contribution is 4.86. The maximum Gasteiger partial charge on any atom is 0.170 e. The Morgan fingerprint density at radius 1 is 1.08 bits per heavy atom. The molecule has 152 valence electrons. The maximum absolute atomic E-state index is 6.43. The standard InChI is InChI=1S/C21H39NO4/c1-4-11-22(15-20-23-13-5-14-24-20)12-8-19-16-25-21(26-19)9-6-18(7-10-21)17(2)3/h17-20H,4-16H2,1-3H3. The van der Waals surface area contributed by atoms with Gasteiger partial charge in [0.2, 0.25) is 0 Å². The van der Waals surface area contributed by atoms with Gasteiger partial charge in [-0.2, -0.15) is 0 Å². The fraction of sp³-hybridized carbons (Fsp3) is 1.00. The summed E-state index contributed by atoms with van der Waals surface area (Å²) in [5, 5.41) is 0. The smallest absolute Gasteiger partial charge is 0.170 e. The predicted molar refractivity (Wildman–Crippen MR) is 102 cm³/mol. The van der Waals surface area contributed by atoms with Crippen molar-refractivity contribution in [3.63, 3.8) is 0 Å². The number of ether oxygens (including phenoxy) is 4. The van der Waals surface area contributed by atoms with Gasteiger partial charge >= 0.3 is 0 Å². The molecule has 0 N–H and O–H groups in total. The van der Waals surface area contributed by atoms with Gasteiger partial charge in [-0.05, 0) is 50.5 Å². The Morgan fingerprint density at radius 2 is 1.81 bits per heavy atom. The molecule has 26 heavy (non-hydrogen) atoms. The van der Waals surface area contributed by atoms with Crippen LogP contribution in [-0.4, -0.2) is 62.5 Å². The first-order valence-electron chi connectivity index (χ1n) is 10.9. The van der Waals surface area contributed by atoms with Crippen molar-refractivity contribution >= 4 is 0 Å². The molecule has 3 fully saturated rings. The van der Waals surface area contributed by atoms with Crippen LogP contribution in [-0.2, 0) is 18.9 Å². The summed E-state index contributed by atoms with van der Waals surface area (Å²) in [6, 6.07) is 0. The normalized spacial score (nSPS) is 33.6. The van der Waals surface area contributed by atoms with E-state index in [1.54, 1.807) is 0 Å². The molecule has 1 atom stereocenters. The molecular weight excluding hydrogens is 330 g/mol.